The Labute approximate surface area is 215 Å². The molecule has 0 aliphatic carbocycles. The minimum atomic E-state index is -4.80. The Balaban J connectivity index is 1.67. The van der Waals surface area contributed by atoms with Gasteiger partial charge in [0, 0.05) is 22.9 Å². The van der Waals surface area contributed by atoms with E-state index < -0.39 is 16.4 Å². The molecule has 0 aliphatic rings. The lowest BCUT2D eigenvalue weighted by Crippen LogP contribution is -2.16. The molecule has 0 spiro atoms. The molecule has 0 bridgehead atoms. The van der Waals surface area contributed by atoms with Gasteiger partial charge in [0.1, 0.15) is 15.7 Å². The molecule has 7 nitrogen and oxygen atoms in total. The Morgan fingerprint density at radius 3 is 2.38 bits per heavy atom. The zero-order valence-corrected chi connectivity index (χ0v) is 21.4. The van der Waals surface area contributed by atoms with E-state index in [9.17, 15) is 26.4 Å². The van der Waals surface area contributed by atoms with Gasteiger partial charge < -0.3 is 14.2 Å². The van der Waals surface area contributed by atoms with E-state index in [1.807, 2.05) is 0 Å². The monoisotopic (exact) mass is 553 g/mol. The Morgan fingerprint density at radius 1 is 1.03 bits per heavy atom. The summed E-state index contributed by atoms with van der Waals surface area (Å²) in [6.45, 7) is 1.96. The van der Waals surface area contributed by atoms with E-state index >= 15 is 0 Å². The van der Waals surface area contributed by atoms with E-state index in [0.717, 1.165) is 15.3 Å². The van der Waals surface area contributed by atoms with Crippen molar-refractivity contribution in [3.63, 3.8) is 0 Å². The number of hydrogen-bond donors (Lipinski definition) is 0. The number of ether oxygens (including phenoxy) is 3. The zero-order chi connectivity index (χ0) is 26.8. The first kappa shape index (κ1) is 26.6. The summed E-state index contributed by atoms with van der Waals surface area (Å²) in [5.41, 5.74) is 1.60. The van der Waals surface area contributed by atoms with Gasteiger partial charge in [-0.1, -0.05) is 0 Å². The van der Waals surface area contributed by atoms with Gasteiger partial charge in [-0.05, 0) is 79.1 Å². The summed E-state index contributed by atoms with van der Waals surface area (Å²) >= 11 is 0.986. The second kappa shape index (κ2) is 10.5. The molecule has 0 radical (unpaired) electrons. The maximum Gasteiger partial charge on any atom is 0.573 e. The summed E-state index contributed by atoms with van der Waals surface area (Å²) in [6.07, 6.45) is -2.96. The summed E-state index contributed by atoms with van der Waals surface area (Å²) in [5, 5.41) is 0.629. The Hall–Kier alpha value is -3.51. The molecule has 37 heavy (non-hydrogen) atoms. The molecule has 0 unspecified atom stereocenters. The summed E-state index contributed by atoms with van der Waals surface area (Å²) in [6, 6.07) is 13.2. The van der Waals surface area contributed by atoms with Crippen LogP contribution in [0.2, 0.25) is 0 Å². The summed E-state index contributed by atoms with van der Waals surface area (Å²) in [4.78, 5) is 12.4. The minimum absolute atomic E-state index is 0.0442. The predicted octanol–water partition coefficient (Wildman–Crippen LogP) is 6.01. The van der Waals surface area contributed by atoms with Gasteiger partial charge in [-0.15, -0.1) is 24.5 Å². The fourth-order valence-corrected chi connectivity index (χ4v) is 6.56. The van der Waals surface area contributed by atoms with Crippen molar-refractivity contribution in [2.75, 3.05) is 13.7 Å². The first-order chi connectivity index (χ1) is 17.5. The lowest BCUT2D eigenvalue weighted by molar-refractivity contribution is -0.274. The first-order valence-electron chi connectivity index (χ1n) is 11.1. The largest absolute Gasteiger partial charge is 0.573 e. The Kier molecular flexibility index (Phi) is 7.51. The molecule has 12 heteroatoms. The third kappa shape index (κ3) is 5.91. The van der Waals surface area contributed by atoms with Crippen LogP contribution in [0.15, 0.2) is 65.0 Å². The molecule has 2 heterocycles. The number of thiophene rings is 1. The van der Waals surface area contributed by atoms with Gasteiger partial charge in [-0.3, -0.25) is 4.79 Å². The number of esters is 1. The van der Waals surface area contributed by atoms with Crippen molar-refractivity contribution < 1.29 is 40.6 Å². The number of benzene rings is 2. The maximum atomic E-state index is 13.6. The minimum Gasteiger partial charge on any atom is -0.497 e. The fraction of sp³-hybridized carbons (Fsp3) is 0.240. The van der Waals surface area contributed by atoms with Crippen molar-refractivity contribution in [2.45, 2.75) is 30.3 Å². The van der Waals surface area contributed by atoms with Gasteiger partial charge in [-0.25, -0.2) is 3.97 Å². The number of fused-ring (bicyclic) bond motifs is 1. The molecule has 0 aliphatic heterocycles. The van der Waals surface area contributed by atoms with Gasteiger partial charge >= 0.3 is 12.3 Å². The van der Waals surface area contributed by atoms with E-state index in [-0.39, 0.29) is 35.4 Å². The number of nitrogens with zero attached hydrogens (tertiary/aromatic N) is 1. The molecular formula is C25H22F3NO6S2. The average Bonchev–Trinajstić information content (AvgIpc) is 3.48. The Bertz CT molecular complexity index is 1520. The van der Waals surface area contributed by atoms with Crippen molar-refractivity contribution in [3.8, 4) is 21.9 Å². The quantitative estimate of drug-likeness (QED) is 0.236. The van der Waals surface area contributed by atoms with Crippen molar-refractivity contribution in [1.82, 2.24) is 3.97 Å². The second-order valence-electron chi connectivity index (χ2n) is 7.83. The van der Waals surface area contributed by atoms with Crippen LogP contribution in [0.3, 0.4) is 0 Å². The van der Waals surface area contributed by atoms with E-state index in [4.69, 9.17) is 9.47 Å². The molecule has 196 valence electrons. The number of carbonyl (C=O) groups is 1. The maximum absolute atomic E-state index is 13.6. The number of aryl methyl sites for hydroxylation is 1. The fourth-order valence-electron chi connectivity index (χ4n) is 3.77. The second-order valence-corrected chi connectivity index (χ2v) is 11.0. The van der Waals surface area contributed by atoms with Crippen LogP contribution in [-0.4, -0.2) is 38.4 Å². The van der Waals surface area contributed by atoms with Gasteiger partial charge in [0.05, 0.1) is 19.2 Å². The number of alkyl halides is 3. The number of aromatic nitrogens is 1. The standard InChI is InChI=1S/C25H22F3NO6S2/c1-3-34-23(30)12-6-17-15-29(21-10-9-19(33-2)14-20(17)21)37(31,32)24-13-11-22(36-24)16-4-7-18(8-5-16)35-25(26,27)28/h4-5,7-11,13-15H,3,6,12H2,1-2H3. The highest BCUT2D eigenvalue weighted by molar-refractivity contribution is 7.92. The highest BCUT2D eigenvalue weighted by atomic mass is 32.2. The van der Waals surface area contributed by atoms with Crippen LogP contribution in [0.1, 0.15) is 18.9 Å². The van der Waals surface area contributed by atoms with Gasteiger partial charge in [0.15, 0.2) is 0 Å². The third-order valence-corrected chi connectivity index (χ3v) is 8.71. The smallest absolute Gasteiger partial charge is 0.497 e. The molecule has 2 aromatic carbocycles. The first-order valence-corrected chi connectivity index (χ1v) is 13.3. The van der Waals surface area contributed by atoms with Crippen LogP contribution in [0.25, 0.3) is 21.3 Å². The highest BCUT2D eigenvalue weighted by Crippen LogP contribution is 2.36. The number of halogens is 3. The third-order valence-electron chi connectivity index (χ3n) is 5.43. The van der Waals surface area contributed by atoms with Crippen LogP contribution < -0.4 is 9.47 Å². The molecule has 4 aromatic rings. The van der Waals surface area contributed by atoms with Crippen LogP contribution in [-0.2, 0) is 26.0 Å². The number of methoxy groups -OCH3 is 1. The average molecular weight is 554 g/mol. The molecule has 0 N–H and O–H groups in total. The molecule has 0 atom stereocenters. The highest BCUT2D eigenvalue weighted by Gasteiger charge is 2.31. The van der Waals surface area contributed by atoms with Gasteiger partial charge in [-0.2, -0.15) is 8.42 Å². The number of carbonyl (C=O) groups excluding carboxylic acids is 1. The van der Waals surface area contributed by atoms with Crippen LogP contribution in [0.5, 0.6) is 11.5 Å². The Morgan fingerprint density at radius 2 is 1.73 bits per heavy atom. The summed E-state index contributed by atoms with van der Waals surface area (Å²) in [7, 11) is -2.53. The lowest BCUT2D eigenvalue weighted by atomic mass is 10.1. The summed E-state index contributed by atoms with van der Waals surface area (Å²) < 4.78 is 79.9. The zero-order valence-electron chi connectivity index (χ0n) is 19.7. The normalized spacial score (nSPS) is 12.0. The van der Waals surface area contributed by atoms with Crippen molar-refractivity contribution >= 4 is 38.2 Å². The number of rotatable bonds is 9. The van der Waals surface area contributed by atoms with E-state index in [0.29, 0.717) is 32.7 Å². The molecule has 0 amide bonds. The topological polar surface area (TPSA) is 83.8 Å². The molecule has 4 rings (SSSR count). The SMILES string of the molecule is CCOC(=O)CCc1cn(S(=O)(=O)c2ccc(-c3ccc(OC(F)(F)F)cc3)s2)c2ccc(OC)cc12. The van der Waals surface area contributed by atoms with Crippen molar-refractivity contribution in [3.05, 3.63) is 66.4 Å². The molecule has 0 fully saturated rings. The van der Waals surface area contributed by atoms with E-state index in [1.54, 1.807) is 31.2 Å². The predicted molar refractivity (Wildman–Crippen MR) is 132 cm³/mol. The number of hydrogen-bond acceptors (Lipinski definition) is 7. The lowest BCUT2D eigenvalue weighted by Gasteiger charge is -2.08. The summed E-state index contributed by atoms with van der Waals surface area (Å²) in [5.74, 6) is -0.217. The van der Waals surface area contributed by atoms with Crippen molar-refractivity contribution in [2.24, 2.45) is 0 Å². The molecular weight excluding hydrogens is 531 g/mol. The van der Waals surface area contributed by atoms with E-state index in [2.05, 4.69) is 4.74 Å². The van der Waals surface area contributed by atoms with Gasteiger partial charge in [0.25, 0.3) is 10.0 Å². The van der Waals surface area contributed by atoms with Crippen LogP contribution in [0.4, 0.5) is 13.2 Å². The van der Waals surface area contributed by atoms with Crippen LogP contribution in [0, 0.1) is 0 Å². The molecule has 0 saturated heterocycles. The van der Waals surface area contributed by atoms with Crippen molar-refractivity contribution in [1.29, 1.82) is 0 Å². The van der Waals surface area contributed by atoms with Gasteiger partial charge in [0.2, 0.25) is 0 Å². The van der Waals surface area contributed by atoms with E-state index in [1.165, 1.54) is 43.6 Å². The van der Waals surface area contributed by atoms with Crippen LogP contribution >= 0.6 is 11.3 Å². The molecule has 0 saturated carbocycles. The molecule has 2 aromatic heterocycles.